The SMILES string of the molecule is CCCNC(Cc1cccc(Cl)c1Cl)C1(OC)CCCC1. The molecule has 0 aliphatic heterocycles. The molecule has 1 N–H and O–H groups in total. The third kappa shape index (κ3) is 3.92. The average Bonchev–Trinajstić information content (AvgIpc) is 2.97. The summed E-state index contributed by atoms with van der Waals surface area (Å²) in [5.41, 5.74) is 1.03. The molecule has 1 saturated carbocycles. The van der Waals surface area contributed by atoms with Crippen LogP contribution in [-0.4, -0.2) is 25.3 Å². The van der Waals surface area contributed by atoms with Gasteiger partial charge in [-0.05, 0) is 43.9 Å². The Balaban J connectivity index is 2.21. The van der Waals surface area contributed by atoms with Gasteiger partial charge in [-0.1, -0.05) is 55.1 Å². The Kier molecular flexibility index (Phi) is 6.36. The lowest BCUT2D eigenvalue weighted by atomic mass is 9.87. The Morgan fingerprint density at radius 2 is 2.00 bits per heavy atom. The Morgan fingerprint density at radius 3 is 2.62 bits per heavy atom. The maximum absolute atomic E-state index is 6.37. The summed E-state index contributed by atoms with van der Waals surface area (Å²) in [5, 5.41) is 4.97. The van der Waals surface area contributed by atoms with Crippen molar-refractivity contribution in [2.24, 2.45) is 0 Å². The zero-order valence-corrected chi connectivity index (χ0v) is 14.4. The molecule has 0 heterocycles. The minimum atomic E-state index is -0.0686. The van der Waals surface area contributed by atoms with Gasteiger partial charge >= 0.3 is 0 Å². The predicted octanol–water partition coefficient (Wildman–Crippen LogP) is 4.86. The summed E-state index contributed by atoms with van der Waals surface area (Å²) in [5.74, 6) is 0. The van der Waals surface area contributed by atoms with Crippen LogP contribution >= 0.6 is 23.2 Å². The van der Waals surface area contributed by atoms with Crippen molar-refractivity contribution >= 4 is 23.2 Å². The molecule has 1 atom stereocenters. The summed E-state index contributed by atoms with van der Waals surface area (Å²) in [6, 6.07) is 6.14. The Labute approximate surface area is 138 Å². The van der Waals surface area contributed by atoms with Gasteiger partial charge in [0.25, 0.3) is 0 Å². The van der Waals surface area contributed by atoms with E-state index in [9.17, 15) is 0 Å². The molecule has 1 aromatic rings. The summed E-state index contributed by atoms with van der Waals surface area (Å²) in [6.07, 6.45) is 6.67. The molecule has 1 unspecified atom stereocenters. The molecule has 0 saturated heterocycles. The normalized spacial score (nSPS) is 18.9. The van der Waals surface area contributed by atoms with E-state index in [1.54, 1.807) is 0 Å². The van der Waals surface area contributed by atoms with Gasteiger partial charge in [-0.2, -0.15) is 0 Å². The average molecular weight is 330 g/mol. The van der Waals surface area contributed by atoms with E-state index >= 15 is 0 Å². The zero-order valence-electron chi connectivity index (χ0n) is 12.9. The molecule has 1 fully saturated rings. The van der Waals surface area contributed by atoms with E-state index in [-0.39, 0.29) is 11.6 Å². The van der Waals surface area contributed by atoms with E-state index in [0.717, 1.165) is 37.8 Å². The molecular weight excluding hydrogens is 305 g/mol. The maximum atomic E-state index is 6.37. The number of halogens is 2. The van der Waals surface area contributed by atoms with Gasteiger partial charge in [0.15, 0.2) is 0 Å². The van der Waals surface area contributed by atoms with E-state index in [0.29, 0.717) is 10.0 Å². The van der Waals surface area contributed by atoms with Crippen LogP contribution in [0.4, 0.5) is 0 Å². The van der Waals surface area contributed by atoms with E-state index < -0.39 is 0 Å². The van der Waals surface area contributed by atoms with Gasteiger partial charge in [0.1, 0.15) is 0 Å². The monoisotopic (exact) mass is 329 g/mol. The van der Waals surface area contributed by atoms with Crippen molar-refractivity contribution in [1.29, 1.82) is 0 Å². The molecular formula is C17H25Cl2NO. The Bertz CT molecular complexity index is 458. The first-order valence-corrected chi connectivity index (χ1v) is 8.60. The van der Waals surface area contributed by atoms with Crippen LogP contribution in [0.5, 0.6) is 0 Å². The van der Waals surface area contributed by atoms with Gasteiger partial charge in [0.05, 0.1) is 15.6 Å². The molecule has 1 aliphatic rings. The van der Waals surface area contributed by atoms with Gasteiger partial charge in [0, 0.05) is 13.2 Å². The molecule has 4 heteroatoms. The van der Waals surface area contributed by atoms with Crippen molar-refractivity contribution in [2.45, 2.75) is 57.1 Å². The fourth-order valence-corrected chi connectivity index (χ4v) is 3.75. The minimum absolute atomic E-state index is 0.0686. The summed E-state index contributed by atoms with van der Waals surface area (Å²) in [6.45, 7) is 3.18. The van der Waals surface area contributed by atoms with Gasteiger partial charge in [-0.15, -0.1) is 0 Å². The van der Waals surface area contributed by atoms with Gasteiger partial charge in [-0.25, -0.2) is 0 Å². The third-order valence-electron chi connectivity index (χ3n) is 4.59. The largest absolute Gasteiger partial charge is 0.377 e. The summed E-state index contributed by atoms with van der Waals surface area (Å²) < 4.78 is 5.96. The summed E-state index contributed by atoms with van der Waals surface area (Å²) in [7, 11) is 1.84. The number of methoxy groups -OCH3 is 1. The van der Waals surface area contributed by atoms with E-state index in [2.05, 4.69) is 18.3 Å². The number of benzene rings is 1. The summed E-state index contributed by atoms with van der Waals surface area (Å²) in [4.78, 5) is 0. The van der Waals surface area contributed by atoms with E-state index in [1.165, 1.54) is 12.8 Å². The number of rotatable bonds is 7. The second kappa shape index (κ2) is 7.82. The fourth-order valence-electron chi connectivity index (χ4n) is 3.36. The van der Waals surface area contributed by atoms with Crippen LogP contribution in [0, 0.1) is 0 Å². The maximum Gasteiger partial charge on any atom is 0.0834 e. The highest BCUT2D eigenvalue weighted by Crippen LogP contribution is 2.38. The molecule has 1 aromatic carbocycles. The van der Waals surface area contributed by atoms with Crippen molar-refractivity contribution < 1.29 is 4.74 Å². The smallest absolute Gasteiger partial charge is 0.0834 e. The summed E-state index contributed by atoms with van der Waals surface area (Å²) >= 11 is 12.5. The van der Waals surface area contributed by atoms with Crippen molar-refractivity contribution in [3.05, 3.63) is 33.8 Å². The van der Waals surface area contributed by atoms with Crippen LogP contribution < -0.4 is 5.32 Å². The predicted molar refractivity (Wildman–Crippen MR) is 90.5 cm³/mol. The van der Waals surface area contributed by atoms with Gasteiger partial charge < -0.3 is 10.1 Å². The van der Waals surface area contributed by atoms with Gasteiger partial charge in [0.2, 0.25) is 0 Å². The number of ether oxygens (including phenoxy) is 1. The van der Waals surface area contributed by atoms with Crippen LogP contribution in [0.1, 0.15) is 44.6 Å². The molecule has 21 heavy (non-hydrogen) atoms. The number of nitrogens with one attached hydrogen (secondary N) is 1. The van der Waals surface area contributed by atoms with E-state index in [4.69, 9.17) is 27.9 Å². The fraction of sp³-hybridized carbons (Fsp3) is 0.647. The molecule has 0 aromatic heterocycles. The Hall–Kier alpha value is -0.280. The molecule has 0 amide bonds. The molecule has 118 valence electrons. The standard InChI is InChI=1S/C17H25Cl2NO/c1-3-11-20-15(17(21-2)9-4-5-10-17)12-13-7-6-8-14(18)16(13)19/h6-8,15,20H,3-5,9-12H2,1-2H3. The molecule has 0 spiro atoms. The quantitative estimate of drug-likeness (QED) is 0.771. The number of hydrogen-bond acceptors (Lipinski definition) is 2. The van der Waals surface area contributed by atoms with Crippen LogP contribution in [0.25, 0.3) is 0 Å². The lowest BCUT2D eigenvalue weighted by Gasteiger charge is -2.37. The lowest BCUT2D eigenvalue weighted by molar-refractivity contribution is -0.0354. The first-order valence-electron chi connectivity index (χ1n) is 7.84. The Morgan fingerprint density at radius 1 is 1.29 bits per heavy atom. The first kappa shape index (κ1) is 17.1. The van der Waals surface area contributed by atoms with Crippen LogP contribution in [0.3, 0.4) is 0 Å². The van der Waals surface area contributed by atoms with Crippen LogP contribution in [0.15, 0.2) is 18.2 Å². The molecule has 0 bridgehead atoms. The highest BCUT2D eigenvalue weighted by molar-refractivity contribution is 6.42. The highest BCUT2D eigenvalue weighted by Gasteiger charge is 2.41. The topological polar surface area (TPSA) is 21.3 Å². The minimum Gasteiger partial charge on any atom is -0.377 e. The molecule has 2 rings (SSSR count). The molecule has 2 nitrogen and oxygen atoms in total. The zero-order chi connectivity index (χ0) is 15.3. The second-order valence-electron chi connectivity index (χ2n) is 5.90. The van der Waals surface area contributed by atoms with Gasteiger partial charge in [-0.3, -0.25) is 0 Å². The van der Waals surface area contributed by atoms with Crippen molar-refractivity contribution in [1.82, 2.24) is 5.32 Å². The number of hydrogen-bond donors (Lipinski definition) is 1. The van der Waals surface area contributed by atoms with E-state index in [1.807, 2.05) is 19.2 Å². The van der Waals surface area contributed by atoms with Crippen LogP contribution in [0.2, 0.25) is 10.0 Å². The molecule has 1 aliphatic carbocycles. The molecule has 0 radical (unpaired) electrons. The lowest BCUT2D eigenvalue weighted by Crippen LogP contribution is -2.52. The first-order chi connectivity index (χ1) is 10.1. The second-order valence-corrected chi connectivity index (χ2v) is 6.68. The third-order valence-corrected chi connectivity index (χ3v) is 5.45. The van der Waals surface area contributed by atoms with Crippen LogP contribution in [-0.2, 0) is 11.2 Å². The highest BCUT2D eigenvalue weighted by atomic mass is 35.5. The van der Waals surface area contributed by atoms with Crippen molar-refractivity contribution in [2.75, 3.05) is 13.7 Å². The van der Waals surface area contributed by atoms with Crippen molar-refractivity contribution in [3.63, 3.8) is 0 Å². The van der Waals surface area contributed by atoms with Crippen molar-refractivity contribution in [3.8, 4) is 0 Å².